The van der Waals surface area contributed by atoms with Gasteiger partial charge in [0.05, 0.1) is 7.11 Å². The maximum absolute atomic E-state index is 11.8. The van der Waals surface area contributed by atoms with Gasteiger partial charge in [0.15, 0.2) is 6.61 Å². The molecular weight excluding hydrogens is 332 g/mol. The number of hydrogen-bond donors (Lipinski definition) is 2. The predicted octanol–water partition coefficient (Wildman–Crippen LogP) is 2.47. The number of nitrogens with one attached hydrogen (secondary N) is 2. The number of carbonyl (C=O) groups is 2. The molecule has 0 radical (unpaired) electrons. The first kappa shape index (κ1) is 19.3. The zero-order chi connectivity index (χ0) is 18.9. The maximum Gasteiger partial charge on any atom is 0.276 e. The zero-order valence-electron chi connectivity index (χ0n) is 15.3. The van der Waals surface area contributed by atoms with Gasteiger partial charge in [-0.05, 0) is 61.2 Å². The summed E-state index contributed by atoms with van der Waals surface area (Å²) >= 11 is 0. The molecule has 0 saturated heterocycles. The van der Waals surface area contributed by atoms with Crippen LogP contribution in [0.4, 0.5) is 0 Å². The van der Waals surface area contributed by atoms with Crippen LogP contribution in [0.3, 0.4) is 0 Å². The lowest BCUT2D eigenvalue weighted by Gasteiger charge is -2.10. The van der Waals surface area contributed by atoms with E-state index in [9.17, 15) is 9.59 Å². The highest BCUT2D eigenvalue weighted by Gasteiger charge is 2.07. The smallest absolute Gasteiger partial charge is 0.276 e. The molecule has 2 aromatic rings. The molecule has 0 heterocycles. The highest BCUT2D eigenvalue weighted by Crippen LogP contribution is 2.16. The van der Waals surface area contributed by atoms with E-state index in [1.54, 1.807) is 7.11 Å². The average Bonchev–Trinajstić information content (AvgIpc) is 2.66. The molecule has 0 aliphatic heterocycles. The Labute approximate surface area is 153 Å². The number of amides is 2. The van der Waals surface area contributed by atoms with Crippen LogP contribution in [0.25, 0.3) is 0 Å². The molecule has 138 valence electrons. The van der Waals surface area contributed by atoms with Crippen molar-refractivity contribution >= 4 is 11.8 Å². The van der Waals surface area contributed by atoms with E-state index in [2.05, 4.69) is 10.9 Å². The Morgan fingerprint density at radius 1 is 0.885 bits per heavy atom. The van der Waals surface area contributed by atoms with Crippen molar-refractivity contribution in [3.63, 3.8) is 0 Å². The lowest BCUT2D eigenvalue weighted by atomic mass is 10.1. The minimum Gasteiger partial charge on any atom is -0.497 e. The second-order valence-corrected chi connectivity index (χ2v) is 5.98. The third kappa shape index (κ3) is 6.12. The van der Waals surface area contributed by atoms with E-state index in [1.807, 2.05) is 56.3 Å². The van der Waals surface area contributed by atoms with Crippen LogP contribution in [0.15, 0.2) is 42.5 Å². The molecule has 6 nitrogen and oxygen atoms in total. The van der Waals surface area contributed by atoms with Gasteiger partial charge in [-0.1, -0.05) is 18.2 Å². The SMILES string of the molecule is COc1ccc(CCC(=O)NNC(=O)COc2ccc(C)c(C)c2)cc1. The fourth-order valence-corrected chi connectivity index (χ4v) is 2.24. The molecule has 0 aromatic heterocycles. The zero-order valence-corrected chi connectivity index (χ0v) is 15.3. The third-order valence-electron chi connectivity index (χ3n) is 3.99. The van der Waals surface area contributed by atoms with Gasteiger partial charge in [-0.3, -0.25) is 20.4 Å². The van der Waals surface area contributed by atoms with Crippen molar-refractivity contribution in [2.45, 2.75) is 26.7 Å². The quantitative estimate of drug-likeness (QED) is 0.747. The van der Waals surface area contributed by atoms with Crippen molar-refractivity contribution in [2.75, 3.05) is 13.7 Å². The molecule has 0 fully saturated rings. The molecule has 0 saturated carbocycles. The van der Waals surface area contributed by atoms with Gasteiger partial charge in [0.2, 0.25) is 5.91 Å². The van der Waals surface area contributed by atoms with E-state index < -0.39 is 5.91 Å². The first-order valence-corrected chi connectivity index (χ1v) is 8.38. The van der Waals surface area contributed by atoms with E-state index in [1.165, 1.54) is 0 Å². The lowest BCUT2D eigenvalue weighted by Crippen LogP contribution is -2.43. The molecule has 26 heavy (non-hydrogen) atoms. The van der Waals surface area contributed by atoms with E-state index >= 15 is 0 Å². The summed E-state index contributed by atoms with van der Waals surface area (Å²) < 4.78 is 10.5. The van der Waals surface area contributed by atoms with E-state index in [0.29, 0.717) is 12.2 Å². The molecule has 6 heteroatoms. The van der Waals surface area contributed by atoms with Gasteiger partial charge >= 0.3 is 0 Å². The van der Waals surface area contributed by atoms with Crippen LogP contribution in [0, 0.1) is 13.8 Å². The highest BCUT2D eigenvalue weighted by atomic mass is 16.5. The topological polar surface area (TPSA) is 76.7 Å². The Kier molecular flexibility index (Phi) is 7.02. The average molecular weight is 356 g/mol. The molecule has 0 aliphatic carbocycles. The minimum atomic E-state index is -0.416. The fourth-order valence-electron chi connectivity index (χ4n) is 2.24. The summed E-state index contributed by atoms with van der Waals surface area (Å²) in [5.41, 5.74) is 8.01. The van der Waals surface area contributed by atoms with Crippen molar-refractivity contribution in [3.05, 3.63) is 59.2 Å². The number of carbonyl (C=O) groups excluding carboxylic acids is 2. The lowest BCUT2D eigenvalue weighted by molar-refractivity contribution is -0.130. The van der Waals surface area contributed by atoms with Crippen molar-refractivity contribution < 1.29 is 19.1 Å². The molecule has 0 unspecified atom stereocenters. The largest absolute Gasteiger partial charge is 0.497 e. The summed E-state index contributed by atoms with van der Waals surface area (Å²) in [5.74, 6) is 0.713. The van der Waals surface area contributed by atoms with Gasteiger partial charge in [-0.25, -0.2) is 0 Å². The standard InChI is InChI=1S/C20H24N2O4/c1-14-4-8-18(12-15(14)2)26-13-20(24)22-21-19(23)11-7-16-5-9-17(25-3)10-6-16/h4-6,8-10,12H,7,11,13H2,1-3H3,(H,21,23)(H,22,24). The van der Waals surface area contributed by atoms with Crippen LogP contribution < -0.4 is 20.3 Å². The van der Waals surface area contributed by atoms with Crippen LogP contribution in [0.2, 0.25) is 0 Å². The van der Waals surface area contributed by atoms with Crippen LogP contribution in [-0.4, -0.2) is 25.5 Å². The van der Waals surface area contributed by atoms with Crippen LogP contribution in [0.1, 0.15) is 23.1 Å². The Balaban J connectivity index is 1.67. The number of aryl methyl sites for hydroxylation is 3. The summed E-state index contributed by atoms with van der Waals surface area (Å²) in [6, 6.07) is 13.1. The van der Waals surface area contributed by atoms with Crippen molar-refractivity contribution in [1.29, 1.82) is 0 Å². The first-order chi connectivity index (χ1) is 12.5. The minimum absolute atomic E-state index is 0.165. The van der Waals surface area contributed by atoms with Gasteiger partial charge in [-0.15, -0.1) is 0 Å². The molecule has 0 aliphatic rings. The molecule has 0 bridgehead atoms. The van der Waals surface area contributed by atoms with Crippen molar-refractivity contribution in [2.24, 2.45) is 0 Å². The molecule has 0 atom stereocenters. The summed E-state index contributed by atoms with van der Waals surface area (Å²) in [5, 5.41) is 0. The molecule has 0 spiro atoms. The summed E-state index contributed by atoms with van der Waals surface area (Å²) in [6.45, 7) is 3.82. The summed E-state index contributed by atoms with van der Waals surface area (Å²) in [6.07, 6.45) is 0.843. The Morgan fingerprint density at radius 3 is 2.19 bits per heavy atom. The number of ether oxygens (including phenoxy) is 2. The normalized spacial score (nSPS) is 10.1. The summed E-state index contributed by atoms with van der Waals surface area (Å²) in [7, 11) is 1.61. The molecule has 2 rings (SSSR count). The Hall–Kier alpha value is -3.02. The van der Waals surface area contributed by atoms with Gasteiger partial charge < -0.3 is 9.47 Å². The fraction of sp³-hybridized carbons (Fsp3) is 0.300. The number of methoxy groups -OCH3 is 1. The number of rotatable bonds is 7. The van der Waals surface area contributed by atoms with Gasteiger partial charge in [0, 0.05) is 6.42 Å². The van der Waals surface area contributed by atoms with Gasteiger partial charge in [0.25, 0.3) is 5.91 Å². The number of hydrazine groups is 1. The molecular formula is C20H24N2O4. The number of hydrogen-bond acceptors (Lipinski definition) is 4. The van der Waals surface area contributed by atoms with E-state index in [-0.39, 0.29) is 18.9 Å². The molecule has 2 amide bonds. The van der Waals surface area contributed by atoms with Crippen molar-refractivity contribution in [1.82, 2.24) is 10.9 Å². The van der Waals surface area contributed by atoms with E-state index in [4.69, 9.17) is 9.47 Å². The molecule has 2 N–H and O–H groups in total. The predicted molar refractivity (Wildman–Crippen MR) is 99.0 cm³/mol. The number of benzene rings is 2. The maximum atomic E-state index is 11.8. The van der Waals surface area contributed by atoms with Crippen LogP contribution in [0.5, 0.6) is 11.5 Å². The first-order valence-electron chi connectivity index (χ1n) is 8.38. The van der Waals surface area contributed by atoms with Gasteiger partial charge in [0.1, 0.15) is 11.5 Å². The highest BCUT2D eigenvalue weighted by molar-refractivity contribution is 5.82. The van der Waals surface area contributed by atoms with Gasteiger partial charge in [-0.2, -0.15) is 0 Å². The van der Waals surface area contributed by atoms with E-state index in [0.717, 1.165) is 22.4 Å². The van der Waals surface area contributed by atoms with Crippen LogP contribution in [-0.2, 0) is 16.0 Å². The third-order valence-corrected chi connectivity index (χ3v) is 3.99. The Morgan fingerprint density at radius 2 is 1.54 bits per heavy atom. The second-order valence-electron chi connectivity index (χ2n) is 5.98. The monoisotopic (exact) mass is 356 g/mol. The summed E-state index contributed by atoms with van der Waals surface area (Å²) in [4.78, 5) is 23.6. The second kappa shape index (κ2) is 9.46. The van der Waals surface area contributed by atoms with Crippen LogP contribution >= 0.6 is 0 Å². The molecule has 2 aromatic carbocycles. The van der Waals surface area contributed by atoms with Crippen molar-refractivity contribution in [3.8, 4) is 11.5 Å². The Bertz CT molecular complexity index is 757.